The number of carboxylic acid groups (broad SMARTS) is 1. The molecule has 0 amide bonds. The van der Waals surface area contributed by atoms with Crippen molar-refractivity contribution in [3.63, 3.8) is 0 Å². The summed E-state index contributed by atoms with van der Waals surface area (Å²) in [5.74, 6) is -2.66. The van der Waals surface area contributed by atoms with Crippen molar-refractivity contribution in [2.75, 3.05) is 35.6 Å². The number of esters is 1. The van der Waals surface area contributed by atoms with Crippen molar-refractivity contribution in [2.45, 2.75) is 5.60 Å². The smallest absolute Gasteiger partial charge is 0.375 e. The lowest BCUT2D eigenvalue weighted by molar-refractivity contribution is -0.165. The molecule has 0 spiro atoms. The molecule has 130 valence electrons. The summed E-state index contributed by atoms with van der Waals surface area (Å²) in [6.07, 6.45) is 1.71. The fourth-order valence-electron chi connectivity index (χ4n) is 2.26. The van der Waals surface area contributed by atoms with E-state index in [1.54, 1.807) is 13.3 Å². The van der Waals surface area contributed by atoms with Gasteiger partial charge in [0.1, 0.15) is 0 Å². The number of ether oxygens (including phenoxy) is 1. The third-order valence-corrected chi connectivity index (χ3v) is 5.21. The van der Waals surface area contributed by atoms with Crippen LogP contribution in [-0.2, 0) is 14.3 Å². The summed E-state index contributed by atoms with van der Waals surface area (Å²) < 4.78 is 4.98. The van der Waals surface area contributed by atoms with E-state index in [-0.39, 0.29) is 16.5 Å². The molecule has 4 N–H and O–H groups in total. The molecule has 0 saturated heterocycles. The second kappa shape index (κ2) is 7.71. The third-order valence-electron chi connectivity index (χ3n) is 3.41. The predicted octanol–water partition coefficient (Wildman–Crippen LogP) is 2.34. The van der Waals surface area contributed by atoms with Crippen LogP contribution in [0.1, 0.15) is 0 Å². The summed E-state index contributed by atoms with van der Waals surface area (Å²) in [6.45, 7) is 0. The number of benzene rings is 1. The quantitative estimate of drug-likeness (QED) is 0.405. The van der Waals surface area contributed by atoms with Gasteiger partial charge in [-0.1, -0.05) is 12.1 Å². The molecule has 1 aromatic carbocycles. The van der Waals surface area contributed by atoms with E-state index in [0.29, 0.717) is 0 Å². The second-order valence-electron chi connectivity index (χ2n) is 4.89. The van der Waals surface area contributed by atoms with Gasteiger partial charge in [-0.2, -0.15) is 11.8 Å². The standard InChI is InChI=1S/C15H18N2O5S2/c1-16-9-5-3-4-6-10(9)17-8-24-12-11(18)13(19)22-15(12,7-23-2)14(20)21/h3-6,16-18H,7-8H2,1-2H3,(H,20,21). The van der Waals surface area contributed by atoms with Gasteiger partial charge in [0.05, 0.1) is 22.2 Å². The molecular weight excluding hydrogens is 352 g/mol. The summed E-state index contributed by atoms with van der Waals surface area (Å²) in [5.41, 5.74) is -0.137. The van der Waals surface area contributed by atoms with E-state index in [1.165, 1.54) is 11.8 Å². The maximum Gasteiger partial charge on any atom is 0.375 e. The third kappa shape index (κ3) is 3.41. The van der Waals surface area contributed by atoms with Crippen molar-refractivity contribution in [3.8, 4) is 0 Å². The summed E-state index contributed by atoms with van der Waals surface area (Å²) in [7, 11) is 1.79. The molecule has 1 heterocycles. The zero-order chi connectivity index (χ0) is 17.7. The number of thioether (sulfide) groups is 2. The molecule has 1 unspecified atom stereocenters. The van der Waals surface area contributed by atoms with Crippen LogP contribution in [0.4, 0.5) is 11.4 Å². The Labute approximate surface area is 147 Å². The minimum Gasteiger partial charge on any atom is -0.501 e. The Kier molecular flexibility index (Phi) is 5.89. The van der Waals surface area contributed by atoms with Gasteiger partial charge >= 0.3 is 11.9 Å². The molecule has 24 heavy (non-hydrogen) atoms. The highest BCUT2D eigenvalue weighted by Crippen LogP contribution is 2.41. The minimum absolute atomic E-state index is 0.0174. The molecule has 1 aromatic rings. The maximum atomic E-state index is 11.7. The van der Waals surface area contributed by atoms with Crippen molar-refractivity contribution in [3.05, 3.63) is 34.9 Å². The van der Waals surface area contributed by atoms with Crippen LogP contribution in [0.2, 0.25) is 0 Å². The molecule has 0 fully saturated rings. The monoisotopic (exact) mass is 370 g/mol. The van der Waals surface area contributed by atoms with Gasteiger partial charge in [-0.25, -0.2) is 9.59 Å². The summed E-state index contributed by atoms with van der Waals surface area (Å²) in [6, 6.07) is 7.50. The van der Waals surface area contributed by atoms with E-state index in [9.17, 15) is 19.8 Å². The number of carbonyl (C=O) groups excluding carboxylic acids is 1. The van der Waals surface area contributed by atoms with E-state index < -0.39 is 23.3 Å². The lowest BCUT2D eigenvalue weighted by Gasteiger charge is -2.24. The molecule has 0 saturated carbocycles. The van der Waals surface area contributed by atoms with Gasteiger partial charge < -0.3 is 25.6 Å². The van der Waals surface area contributed by atoms with Crippen LogP contribution in [0.15, 0.2) is 34.9 Å². The first-order valence-electron chi connectivity index (χ1n) is 6.99. The summed E-state index contributed by atoms with van der Waals surface area (Å²) in [4.78, 5) is 23.4. The van der Waals surface area contributed by atoms with Crippen molar-refractivity contribution >= 4 is 46.8 Å². The number of aliphatic hydroxyl groups excluding tert-OH is 1. The van der Waals surface area contributed by atoms with Gasteiger partial charge in [0.15, 0.2) is 0 Å². The molecule has 1 aliphatic rings. The van der Waals surface area contributed by atoms with Crippen LogP contribution in [0.5, 0.6) is 0 Å². The summed E-state index contributed by atoms with van der Waals surface area (Å²) in [5, 5.41) is 25.6. The van der Waals surface area contributed by atoms with Crippen LogP contribution in [-0.4, -0.2) is 52.7 Å². The number of hydrogen-bond acceptors (Lipinski definition) is 8. The molecule has 1 aliphatic heterocycles. The van der Waals surface area contributed by atoms with Crippen LogP contribution >= 0.6 is 23.5 Å². The normalized spacial score (nSPS) is 20.0. The number of hydrogen-bond donors (Lipinski definition) is 4. The minimum atomic E-state index is -1.84. The zero-order valence-corrected chi connectivity index (χ0v) is 14.8. The largest absolute Gasteiger partial charge is 0.501 e. The van der Waals surface area contributed by atoms with Gasteiger partial charge in [0.25, 0.3) is 5.60 Å². The molecule has 9 heteroatoms. The van der Waals surface area contributed by atoms with Gasteiger partial charge in [-0.3, -0.25) is 0 Å². The number of rotatable bonds is 8. The van der Waals surface area contributed by atoms with Gasteiger partial charge in [-0.15, -0.1) is 11.8 Å². The lowest BCUT2D eigenvalue weighted by Crippen LogP contribution is -2.43. The van der Waals surface area contributed by atoms with E-state index in [4.69, 9.17) is 4.74 Å². The zero-order valence-electron chi connectivity index (χ0n) is 13.2. The van der Waals surface area contributed by atoms with Gasteiger partial charge in [0.2, 0.25) is 5.76 Å². The number of carbonyl (C=O) groups is 2. The van der Waals surface area contributed by atoms with Crippen molar-refractivity contribution in [1.29, 1.82) is 0 Å². The number of cyclic esters (lactones) is 1. The molecule has 2 rings (SSSR count). The molecule has 7 nitrogen and oxygen atoms in total. The fraction of sp³-hybridized carbons (Fsp3) is 0.333. The van der Waals surface area contributed by atoms with E-state index in [0.717, 1.165) is 23.1 Å². The van der Waals surface area contributed by atoms with Crippen LogP contribution in [0, 0.1) is 0 Å². The van der Waals surface area contributed by atoms with Crippen molar-refractivity contribution < 1.29 is 24.5 Å². The Hall–Kier alpha value is -2.00. The topological polar surface area (TPSA) is 108 Å². The average Bonchev–Trinajstić information content (AvgIpc) is 2.81. The fourth-order valence-corrected chi connectivity index (χ4v) is 4.11. The Morgan fingerprint density at radius 3 is 2.58 bits per heavy atom. The Balaban J connectivity index is 2.16. The number of aliphatic hydroxyl groups is 1. The molecule has 0 bridgehead atoms. The summed E-state index contributed by atoms with van der Waals surface area (Å²) >= 11 is 2.26. The molecule has 0 aliphatic carbocycles. The van der Waals surface area contributed by atoms with Gasteiger partial charge in [0, 0.05) is 12.8 Å². The SMILES string of the molecule is CNc1ccccc1NCSC1=C(O)C(=O)OC1(CSC)C(=O)O. The molecule has 0 radical (unpaired) electrons. The van der Waals surface area contributed by atoms with Crippen LogP contribution in [0.3, 0.4) is 0 Å². The maximum absolute atomic E-state index is 11.7. The van der Waals surface area contributed by atoms with E-state index in [1.807, 2.05) is 24.3 Å². The molecule has 0 aromatic heterocycles. The number of carboxylic acids is 1. The molecule has 1 atom stereocenters. The van der Waals surface area contributed by atoms with Gasteiger partial charge in [-0.05, 0) is 18.4 Å². The highest BCUT2D eigenvalue weighted by molar-refractivity contribution is 8.03. The van der Waals surface area contributed by atoms with Crippen molar-refractivity contribution in [2.24, 2.45) is 0 Å². The average molecular weight is 370 g/mol. The molecular formula is C15H18N2O5S2. The lowest BCUT2D eigenvalue weighted by atomic mass is 10.1. The number of para-hydroxylation sites is 2. The predicted molar refractivity (Wildman–Crippen MR) is 96.6 cm³/mol. The highest BCUT2D eigenvalue weighted by atomic mass is 32.2. The Bertz CT molecular complexity index is 680. The number of aliphatic carboxylic acids is 1. The van der Waals surface area contributed by atoms with Crippen molar-refractivity contribution in [1.82, 2.24) is 0 Å². The van der Waals surface area contributed by atoms with E-state index >= 15 is 0 Å². The second-order valence-corrected chi connectivity index (χ2v) is 6.75. The Morgan fingerprint density at radius 1 is 1.33 bits per heavy atom. The number of anilines is 2. The first-order chi connectivity index (χ1) is 11.5. The Morgan fingerprint density at radius 2 is 2.00 bits per heavy atom. The van der Waals surface area contributed by atoms with Crippen LogP contribution in [0.25, 0.3) is 0 Å². The van der Waals surface area contributed by atoms with E-state index in [2.05, 4.69) is 10.6 Å². The first kappa shape index (κ1) is 18.3. The van der Waals surface area contributed by atoms with Crippen LogP contribution < -0.4 is 10.6 Å². The number of nitrogens with one attached hydrogen (secondary N) is 2. The highest BCUT2D eigenvalue weighted by Gasteiger charge is 2.54. The first-order valence-corrected chi connectivity index (χ1v) is 9.37.